The summed E-state index contributed by atoms with van der Waals surface area (Å²) in [6.45, 7) is 7.61. The fraction of sp³-hybridized carbons (Fsp3) is 0.323. The lowest BCUT2D eigenvalue weighted by atomic mass is 10.1. The Balaban J connectivity index is 1.79. The van der Waals surface area contributed by atoms with Crippen molar-refractivity contribution in [3.63, 3.8) is 0 Å². The molecule has 198 valence electrons. The topological polar surface area (TPSA) is 76.5 Å². The third kappa shape index (κ3) is 6.05. The molecule has 1 unspecified atom stereocenters. The average Bonchev–Trinajstić information content (AvgIpc) is 2.95. The number of urea groups is 1. The Morgan fingerprint density at radius 3 is 2.37 bits per heavy atom. The van der Waals surface area contributed by atoms with Gasteiger partial charge < -0.3 is 15.0 Å². The standard InChI is InChI=1S/C31H36N4O3/c1-4-7-21-34(31(37)32-22-23-13-9-8-10-14-23)28(5-2)29-33-27-16-12-11-15-26(27)30(36)35(29)24-17-19-25(20-18-24)38-6-3/h8-20,28H,4-7,21-22H2,1-3H3,(H,32,37). The summed E-state index contributed by atoms with van der Waals surface area (Å²) < 4.78 is 7.26. The summed E-state index contributed by atoms with van der Waals surface area (Å²) in [5.41, 5.74) is 2.17. The van der Waals surface area contributed by atoms with Crippen LogP contribution in [0, 0.1) is 0 Å². The minimum atomic E-state index is -0.402. The van der Waals surface area contributed by atoms with Gasteiger partial charge >= 0.3 is 6.03 Å². The molecule has 1 heterocycles. The summed E-state index contributed by atoms with van der Waals surface area (Å²) >= 11 is 0. The number of hydrogen-bond acceptors (Lipinski definition) is 4. The van der Waals surface area contributed by atoms with Crippen molar-refractivity contribution in [2.24, 2.45) is 0 Å². The number of carbonyl (C=O) groups excluding carboxylic acids is 1. The Morgan fingerprint density at radius 1 is 0.974 bits per heavy atom. The zero-order valence-corrected chi connectivity index (χ0v) is 22.4. The summed E-state index contributed by atoms with van der Waals surface area (Å²) in [4.78, 5) is 34.3. The van der Waals surface area contributed by atoms with Crippen LogP contribution < -0.4 is 15.6 Å². The highest BCUT2D eigenvalue weighted by Gasteiger charge is 2.28. The molecule has 0 radical (unpaired) electrons. The molecule has 0 aliphatic rings. The van der Waals surface area contributed by atoms with Crippen molar-refractivity contribution in [2.45, 2.75) is 52.6 Å². The van der Waals surface area contributed by atoms with E-state index in [1.807, 2.05) is 91.5 Å². The van der Waals surface area contributed by atoms with Gasteiger partial charge in [0.2, 0.25) is 0 Å². The number of amides is 2. The first-order valence-electron chi connectivity index (χ1n) is 13.4. The molecule has 0 saturated carbocycles. The quantitative estimate of drug-likeness (QED) is 0.258. The maximum atomic E-state index is 13.9. The normalized spacial score (nSPS) is 11.8. The van der Waals surface area contributed by atoms with Gasteiger partial charge in [-0.15, -0.1) is 0 Å². The third-order valence-corrected chi connectivity index (χ3v) is 6.57. The van der Waals surface area contributed by atoms with Gasteiger partial charge in [-0.25, -0.2) is 9.78 Å². The Kier molecular flexibility index (Phi) is 9.14. The van der Waals surface area contributed by atoms with Crippen LogP contribution >= 0.6 is 0 Å². The zero-order valence-electron chi connectivity index (χ0n) is 22.4. The molecule has 7 heteroatoms. The molecule has 38 heavy (non-hydrogen) atoms. The van der Waals surface area contributed by atoms with Crippen molar-refractivity contribution in [1.82, 2.24) is 19.8 Å². The molecule has 0 fully saturated rings. The summed E-state index contributed by atoms with van der Waals surface area (Å²) in [7, 11) is 0. The van der Waals surface area contributed by atoms with Crippen molar-refractivity contribution in [3.8, 4) is 11.4 Å². The van der Waals surface area contributed by atoms with Crippen LogP contribution in [-0.4, -0.2) is 33.6 Å². The first-order chi connectivity index (χ1) is 18.6. The van der Waals surface area contributed by atoms with Gasteiger partial charge in [0.05, 0.1) is 29.2 Å². The second kappa shape index (κ2) is 12.9. The van der Waals surface area contributed by atoms with Crippen molar-refractivity contribution < 1.29 is 9.53 Å². The van der Waals surface area contributed by atoms with Crippen LogP contribution in [0.15, 0.2) is 83.7 Å². The van der Waals surface area contributed by atoms with Gasteiger partial charge in [-0.2, -0.15) is 0 Å². The molecule has 4 aromatic rings. The van der Waals surface area contributed by atoms with E-state index in [1.54, 1.807) is 10.6 Å². The summed E-state index contributed by atoms with van der Waals surface area (Å²) in [5, 5.41) is 3.62. The summed E-state index contributed by atoms with van der Waals surface area (Å²) in [6.07, 6.45) is 2.39. The third-order valence-electron chi connectivity index (χ3n) is 6.57. The Morgan fingerprint density at radius 2 is 1.68 bits per heavy atom. The zero-order chi connectivity index (χ0) is 26.9. The minimum absolute atomic E-state index is 0.159. The van der Waals surface area contributed by atoms with E-state index >= 15 is 0 Å². The highest BCUT2D eigenvalue weighted by molar-refractivity contribution is 5.78. The van der Waals surface area contributed by atoms with Crippen molar-refractivity contribution >= 4 is 16.9 Å². The monoisotopic (exact) mass is 512 g/mol. The van der Waals surface area contributed by atoms with Gasteiger partial charge in [-0.05, 0) is 61.7 Å². The van der Waals surface area contributed by atoms with Gasteiger partial charge in [0.25, 0.3) is 5.56 Å². The summed E-state index contributed by atoms with van der Waals surface area (Å²) in [6, 6.07) is 24.1. The van der Waals surface area contributed by atoms with E-state index in [4.69, 9.17) is 9.72 Å². The maximum absolute atomic E-state index is 13.9. The summed E-state index contributed by atoms with van der Waals surface area (Å²) in [5.74, 6) is 1.28. The largest absolute Gasteiger partial charge is 0.494 e. The molecular weight excluding hydrogens is 476 g/mol. The molecule has 1 N–H and O–H groups in total. The van der Waals surface area contributed by atoms with Gasteiger partial charge in [0.15, 0.2) is 0 Å². The Labute approximate surface area is 224 Å². The number of benzene rings is 3. The van der Waals surface area contributed by atoms with Gasteiger partial charge in [0.1, 0.15) is 11.6 Å². The number of fused-ring (bicyclic) bond motifs is 1. The molecule has 1 atom stereocenters. The van der Waals surface area contributed by atoms with Crippen LogP contribution in [0.3, 0.4) is 0 Å². The highest BCUT2D eigenvalue weighted by Crippen LogP contribution is 2.27. The second-order valence-electron chi connectivity index (χ2n) is 9.17. The van der Waals surface area contributed by atoms with E-state index in [0.29, 0.717) is 48.5 Å². The van der Waals surface area contributed by atoms with Crippen LogP contribution in [0.1, 0.15) is 57.5 Å². The lowest BCUT2D eigenvalue weighted by molar-refractivity contribution is 0.166. The van der Waals surface area contributed by atoms with E-state index in [0.717, 1.165) is 24.2 Å². The Hall–Kier alpha value is -4.13. The number of unbranched alkanes of at least 4 members (excludes halogenated alkanes) is 1. The molecular formula is C31H36N4O3. The number of nitrogens with zero attached hydrogens (tertiary/aromatic N) is 3. The fourth-order valence-electron chi connectivity index (χ4n) is 4.63. The van der Waals surface area contributed by atoms with Crippen LogP contribution in [0.2, 0.25) is 0 Å². The average molecular weight is 513 g/mol. The van der Waals surface area contributed by atoms with E-state index in [-0.39, 0.29) is 11.6 Å². The molecule has 0 bridgehead atoms. The SMILES string of the molecule is CCCCN(C(=O)NCc1ccccc1)C(CC)c1nc2ccccc2c(=O)n1-c1ccc(OCC)cc1. The number of hydrogen-bond donors (Lipinski definition) is 1. The van der Waals surface area contributed by atoms with Crippen molar-refractivity contribution in [3.05, 3.63) is 101 Å². The predicted octanol–water partition coefficient (Wildman–Crippen LogP) is 6.25. The molecule has 4 rings (SSSR count). The molecule has 0 saturated heterocycles. The van der Waals surface area contributed by atoms with Crippen LogP contribution in [-0.2, 0) is 6.54 Å². The molecule has 0 spiro atoms. The van der Waals surface area contributed by atoms with E-state index in [1.165, 1.54) is 0 Å². The molecule has 3 aromatic carbocycles. The Bertz CT molecular complexity index is 1400. The van der Waals surface area contributed by atoms with Crippen molar-refractivity contribution in [1.29, 1.82) is 0 Å². The molecule has 1 aromatic heterocycles. The highest BCUT2D eigenvalue weighted by atomic mass is 16.5. The first-order valence-corrected chi connectivity index (χ1v) is 13.4. The number of ether oxygens (including phenoxy) is 1. The number of aromatic nitrogens is 2. The van der Waals surface area contributed by atoms with Gasteiger partial charge in [0, 0.05) is 13.1 Å². The lowest BCUT2D eigenvalue weighted by Gasteiger charge is -2.32. The second-order valence-corrected chi connectivity index (χ2v) is 9.17. The molecule has 2 amide bonds. The molecule has 0 aliphatic heterocycles. The number of carbonyl (C=O) groups is 1. The predicted molar refractivity (Wildman–Crippen MR) is 152 cm³/mol. The van der Waals surface area contributed by atoms with Gasteiger partial charge in [-0.3, -0.25) is 9.36 Å². The number of para-hydroxylation sites is 1. The van der Waals surface area contributed by atoms with E-state index < -0.39 is 6.04 Å². The lowest BCUT2D eigenvalue weighted by Crippen LogP contribution is -2.44. The first kappa shape index (κ1) is 26.9. The van der Waals surface area contributed by atoms with Crippen molar-refractivity contribution in [2.75, 3.05) is 13.2 Å². The maximum Gasteiger partial charge on any atom is 0.318 e. The van der Waals surface area contributed by atoms with Crippen LogP contribution in [0.25, 0.3) is 16.6 Å². The smallest absolute Gasteiger partial charge is 0.318 e. The van der Waals surface area contributed by atoms with Crippen LogP contribution in [0.5, 0.6) is 5.75 Å². The van der Waals surface area contributed by atoms with Crippen LogP contribution in [0.4, 0.5) is 4.79 Å². The van der Waals surface area contributed by atoms with Gasteiger partial charge in [-0.1, -0.05) is 62.7 Å². The molecule has 7 nitrogen and oxygen atoms in total. The minimum Gasteiger partial charge on any atom is -0.494 e. The number of nitrogens with one attached hydrogen (secondary N) is 1. The van der Waals surface area contributed by atoms with E-state index in [2.05, 4.69) is 12.2 Å². The fourth-order valence-corrected chi connectivity index (χ4v) is 4.63. The number of rotatable bonds is 11. The van der Waals surface area contributed by atoms with E-state index in [9.17, 15) is 9.59 Å². The molecule has 0 aliphatic carbocycles.